The molecule has 6 aromatic rings. The number of aromatic hydroxyl groups is 2. The standard InChI is InChI=1S/C27H20N4O2/c32-20-7-3-18(4-8-20)26-28-22-11-1-16(14-24(22)30-26)13-17-2-12-23-25(15-17)31-27(29-23)19-5-9-21(33)10-6-19/h1-12,14-15,32-33H,13H2,(H,28,30)(H,29,31). The van der Waals surface area contributed by atoms with E-state index in [-0.39, 0.29) is 11.5 Å². The zero-order valence-corrected chi connectivity index (χ0v) is 17.6. The summed E-state index contributed by atoms with van der Waals surface area (Å²) in [4.78, 5) is 16.1. The van der Waals surface area contributed by atoms with E-state index in [4.69, 9.17) is 0 Å². The largest absolute Gasteiger partial charge is 0.508 e. The molecule has 0 spiro atoms. The molecule has 0 aliphatic rings. The molecule has 160 valence electrons. The Hall–Kier alpha value is -4.58. The van der Waals surface area contributed by atoms with Crippen LogP contribution in [0.2, 0.25) is 0 Å². The van der Waals surface area contributed by atoms with E-state index in [2.05, 4.69) is 44.2 Å². The Labute approximate surface area is 189 Å². The number of aromatic nitrogens is 4. The Kier molecular flexibility index (Phi) is 4.36. The SMILES string of the molecule is Oc1ccc(-c2nc3ccc(Cc4ccc5nc(-c6ccc(O)cc6)[nH]c5c4)cc3[nH]2)cc1. The topological polar surface area (TPSA) is 97.8 Å². The van der Waals surface area contributed by atoms with Gasteiger partial charge < -0.3 is 20.2 Å². The predicted octanol–water partition coefficient (Wildman–Crippen LogP) is 5.78. The van der Waals surface area contributed by atoms with Gasteiger partial charge in [-0.15, -0.1) is 0 Å². The summed E-state index contributed by atoms with van der Waals surface area (Å²) in [5.74, 6) is 2.04. The van der Waals surface area contributed by atoms with Crippen LogP contribution < -0.4 is 0 Å². The highest BCUT2D eigenvalue weighted by molar-refractivity contribution is 5.81. The minimum absolute atomic E-state index is 0.238. The number of nitrogens with one attached hydrogen (secondary N) is 2. The molecular weight excluding hydrogens is 412 g/mol. The van der Waals surface area contributed by atoms with Crippen LogP contribution in [0.5, 0.6) is 11.5 Å². The smallest absolute Gasteiger partial charge is 0.138 e. The monoisotopic (exact) mass is 432 g/mol. The molecule has 4 N–H and O–H groups in total. The zero-order chi connectivity index (χ0) is 22.4. The number of fused-ring (bicyclic) bond motifs is 2. The summed E-state index contributed by atoms with van der Waals surface area (Å²) in [5, 5.41) is 19.0. The highest BCUT2D eigenvalue weighted by atomic mass is 16.3. The third-order valence-electron chi connectivity index (χ3n) is 5.78. The number of hydrogen-bond acceptors (Lipinski definition) is 4. The summed E-state index contributed by atoms with van der Waals surface area (Å²) in [6, 6.07) is 26.5. The van der Waals surface area contributed by atoms with Gasteiger partial charge >= 0.3 is 0 Å². The molecule has 0 saturated heterocycles. The fourth-order valence-electron chi connectivity index (χ4n) is 4.08. The molecule has 2 aromatic heterocycles. The van der Waals surface area contributed by atoms with Gasteiger partial charge in [0.25, 0.3) is 0 Å². The quantitative estimate of drug-likeness (QED) is 0.284. The first-order valence-electron chi connectivity index (χ1n) is 10.7. The highest BCUT2D eigenvalue weighted by Gasteiger charge is 2.09. The van der Waals surface area contributed by atoms with Crippen molar-refractivity contribution in [3.05, 3.63) is 96.1 Å². The third-order valence-corrected chi connectivity index (χ3v) is 5.78. The lowest BCUT2D eigenvalue weighted by Crippen LogP contribution is -1.88. The van der Waals surface area contributed by atoms with Crippen molar-refractivity contribution in [1.29, 1.82) is 0 Å². The van der Waals surface area contributed by atoms with Crippen molar-refractivity contribution in [2.24, 2.45) is 0 Å². The first-order chi connectivity index (χ1) is 16.1. The summed E-state index contributed by atoms with van der Waals surface area (Å²) in [6.07, 6.45) is 0.785. The Morgan fingerprint density at radius 2 is 0.970 bits per heavy atom. The molecule has 2 heterocycles. The minimum atomic E-state index is 0.238. The van der Waals surface area contributed by atoms with Gasteiger partial charge in [-0.2, -0.15) is 0 Å². The third kappa shape index (κ3) is 3.68. The molecule has 0 fully saturated rings. The van der Waals surface area contributed by atoms with Crippen LogP contribution in [-0.2, 0) is 6.42 Å². The average molecular weight is 432 g/mol. The maximum absolute atomic E-state index is 9.51. The van der Waals surface area contributed by atoms with Gasteiger partial charge in [-0.25, -0.2) is 9.97 Å². The van der Waals surface area contributed by atoms with Gasteiger partial charge in [0.15, 0.2) is 0 Å². The van der Waals surface area contributed by atoms with Gasteiger partial charge in [0.1, 0.15) is 23.1 Å². The molecule has 0 saturated carbocycles. The number of aromatic amines is 2. The second-order valence-electron chi connectivity index (χ2n) is 8.14. The summed E-state index contributed by atoms with van der Waals surface area (Å²) in [7, 11) is 0. The molecule has 0 unspecified atom stereocenters. The lowest BCUT2D eigenvalue weighted by molar-refractivity contribution is 0.475. The molecule has 0 bridgehead atoms. The van der Waals surface area contributed by atoms with Crippen LogP contribution in [0, 0.1) is 0 Å². The number of H-pyrrole nitrogens is 2. The van der Waals surface area contributed by atoms with Crippen molar-refractivity contribution >= 4 is 22.1 Å². The molecule has 0 atom stereocenters. The zero-order valence-electron chi connectivity index (χ0n) is 17.6. The van der Waals surface area contributed by atoms with Crippen LogP contribution in [0.4, 0.5) is 0 Å². The molecule has 6 rings (SSSR count). The van der Waals surface area contributed by atoms with Crippen molar-refractivity contribution in [2.75, 3.05) is 0 Å². The Bertz CT molecular complexity index is 1470. The maximum Gasteiger partial charge on any atom is 0.138 e. The van der Waals surface area contributed by atoms with E-state index in [1.807, 2.05) is 36.4 Å². The van der Waals surface area contributed by atoms with Gasteiger partial charge in [0.2, 0.25) is 0 Å². The van der Waals surface area contributed by atoms with E-state index < -0.39 is 0 Å². The lowest BCUT2D eigenvalue weighted by Gasteiger charge is -2.02. The van der Waals surface area contributed by atoms with E-state index >= 15 is 0 Å². The first kappa shape index (κ1) is 19.1. The van der Waals surface area contributed by atoms with Crippen LogP contribution in [0.15, 0.2) is 84.9 Å². The van der Waals surface area contributed by atoms with E-state index in [1.165, 1.54) is 11.1 Å². The second kappa shape index (κ2) is 7.53. The maximum atomic E-state index is 9.51. The molecule has 0 aliphatic heterocycles. The lowest BCUT2D eigenvalue weighted by atomic mass is 10.0. The van der Waals surface area contributed by atoms with Crippen LogP contribution in [0.1, 0.15) is 11.1 Å². The normalized spacial score (nSPS) is 11.4. The van der Waals surface area contributed by atoms with Crippen molar-refractivity contribution in [2.45, 2.75) is 6.42 Å². The summed E-state index contributed by atoms with van der Waals surface area (Å²) in [6.45, 7) is 0. The number of hydrogen-bond donors (Lipinski definition) is 4. The average Bonchev–Trinajstić information content (AvgIpc) is 3.44. The molecular formula is C27H20N4O2. The Morgan fingerprint density at radius 3 is 1.39 bits per heavy atom. The summed E-state index contributed by atoms with van der Waals surface area (Å²) in [5.41, 5.74) is 8.00. The van der Waals surface area contributed by atoms with Gasteiger partial charge in [-0.3, -0.25) is 0 Å². The fraction of sp³-hybridized carbons (Fsp3) is 0.0370. The molecule has 6 nitrogen and oxygen atoms in total. The Balaban J connectivity index is 1.28. The van der Waals surface area contributed by atoms with Crippen LogP contribution >= 0.6 is 0 Å². The number of nitrogens with zero attached hydrogens (tertiary/aromatic N) is 2. The van der Waals surface area contributed by atoms with Gasteiger partial charge in [0.05, 0.1) is 22.1 Å². The molecule has 33 heavy (non-hydrogen) atoms. The van der Waals surface area contributed by atoms with Gasteiger partial charge in [-0.05, 0) is 90.3 Å². The molecule has 0 aliphatic carbocycles. The van der Waals surface area contributed by atoms with E-state index in [1.54, 1.807) is 24.3 Å². The number of rotatable bonds is 4. The Morgan fingerprint density at radius 1 is 0.545 bits per heavy atom. The van der Waals surface area contributed by atoms with Crippen molar-refractivity contribution < 1.29 is 10.2 Å². The van der Waals surface area contributed by atoms with Gasteiger partial charge in [-0.1, -0.05) is 12.1 Å². The van der Waals surface area contributed by atoms with E-state index in [9.17, 15) is 10.2 Å². The van der Waals surface area contributed by atoms with Crippen molar-refractivity contribution in [1.82, 2.24) is 19.9 Å². The van der Waals surface area contributed by atoms with Crippen molar-refractivity contribution in [3.63, 3.8) is 0 Å². The predicted molar refractivity (Wildman–Crippen MR) is 129 cm³/mol. The summed E-state index contributed by atoms with van der Waals surface area (Å²) < 4.78 is 0. The summed E-state index contributed by atoms with van der Waals surface area (Å²) >= 11 is 0. The fourth-order valence-corrected chi connectivity index (χ4v) is 4.08. The second-order valence-corrected chi connectivity index (χ2v) is 8.14. The molecule has 6 heteroatoms. The number of imidazole rings is 2. The highest BCUT2D eigenvalue weighted by Crippen LogP contribution is 2.26. The molecule has 0 amide bonds. The first-order valence-corrected chi connectivity index (χ1v) is 10.7. The van der Waals surface area contributed by atoms with E-state index in [0.717, 1.165) is 51.3 Å². The molecule has 0 radical (unpaired) electrons. The van der Waals surface area contributed by atoms with Crippen LogP contribution in [-0.4, -0.2) is 30.1 Å². The van der Waals surface area contributed by atoms with E-state index in [0.29, 0.717) is 0 Å². The van der Waals surface area contributed by atoms with Crippen LogP contribution in [0.25, 0.3) is 44.8 Å². The van der Waals surface area contributed by atoms with Gasteiger partial charge in [0, 0.05) is 11.1 Å². The number of phenols is 2. The number of benzene rings is 4. The van der Waals surface area contributed by atoms with Crippen molar-refractivity contribution in [3.8, 4) is 34.3 Å². The number of phenolic OH excluding ortho intramolecular Hbond substituents is 2. The van der Waals surface area contributed by atoms with Crippen LogP contribution in [0.3, 0.4) is 0 Å². The minimum Gasteiger partial charge on any atom is -0.508 e. The molecule has 4 aromatic carbocycles.